The number of hydrogen-bond acceptors (Lipinski definition) is 4. The van der Waals surface area contributed by atoms with Crippen LogP contribution in [0.15, 0.2) is 17.5 Å². The fraction of sp³-hybridized carbons (Fsp3) is 0.533. The van der Waals surface area contributed by atoms with Gasteiger partial charge in [0.05, 0.1) is 12.2 Å². The first-order valence-electron chi connectivity index (χ1n) is 7.10. The van der Waals surface area contributed by atoms with Gasteiger partial charge in [-0.2, -0.15) is 5.10 Å². The van der Waals surface area contributed by atoms with Crippen molar-refractivity contribution in [2.75, 3.05) is 18.5 Å². The zero-order chi connectivity index (χ0) is 14.5. The van der Waals surface area contributed by atoms with E-state index in [1.807, 2.05) is 11.7 Å². The molecule has 2 aromatic rings. The SMILES string of the molecule is CCCNCc1c(C)nn(C)c1N(C)Cc1cccs1. The Morgan fingerprint density at radius 2 is 2.25 bits per heavy atom. The third-order valence-electron chi connectivity index (χ3n) is 3.38. The molecular weight excluding hydrogens is 268 g/mol. The van der Waals surface area contributed by atoms with Gasteiger partial charge in [-0.05, 0) is 31.3 Å². The van der Waals surface area contributed by atoms with E-state index in [-0.39, 0.29) is 0 Å². The molecule has 4 nitrogen and oxygen atoms in total. The van der Waals surface area contributed by atoms with E-state index < -0.39 is 0 Å². The second-order valence-corrected chi connectivity index (χ2v) is 6.16. The van der Waals surface area contributed by atoms with Crippen molar-refractivity contribution < 1.29 is 0 Å². The summed E-state index contributed by atoms with van der Waals surface area (Å²) in [5.74, 6) is 1.21. The van der Waals surface area contributed by atoms with E-state index in [2.05, 4.69) is 53.7 Å². The molecule has 2 aromatic heterocycles. The van der Waals surface area contributed by atoms with Crippen LogP contribution >= 0.6 is 11.3 Å². The Morgan fingerprint density at radius 1 is 1.45 bits per heavy atom. The van der Waals surface area contributed by atoms with Crippen molar-refractivity contribution in [3.8, 4) is 0 Å². The van der Waals surface area contributed by atoms with Crippen LogP contribution in [0.4, 0.5) is 5.82 Å². The molecule has 2 heterocycles. The first-order valence-corrected chi connectivity index (χ1v) is 7.98. The zero-order valence-electron chi connectivity index (χ0n) is 12.8. The molecule has 0 amide bonds. The van der Waals surface area contributed by atoms with Crippen molar-refractivity contribution in [3.63, 3.8) is 0 Å². The minimum Gasteiger partial charge on any atom is -0.354 e. The second kappa shape index (κ2) is 6.90. The van der Waals surface area contributed by atoms with Crippen molar-refractivity contribution in [1.29, 1.82) is 0 Å². The van der Waals surface area contributed by atoms with Gasteiger partial charge in [-0.15, -0.1) is 11.3 Å². The molecule has 5 heteroatoms. The first kappa shape index (κ1) is 15.1. The lowest BCUT2D eigenvalue weighted by Gasteiger charge is -2.20. The molecule has 0 unspecified atom stereocenters. The van der Waals surface area contributed by atoms with Gasteiger partial charge in [0.2, 0.25) is 0 Å². The third-order valence-corrected chi connectivity index (χ3v) is 4.24. The Labute approximate surface area is 125 Å². The molecule has 0 fully saturated rings. The Morgan fingerprint density at radius 3 is 2.90 bits per heavy atom. The highest BCUT2D eigenvalue weighted by molar-refractivity contribution is 7.09. The van der Waals surface area contributed by atoms with Crippen molar-refractivity contribution in [2.24, 2.45) is 7.05 Å². The van der Waals surface area contributed by atoms with E-state index in [0.717, 1.165) is 31.7 Å². The minimum absolute atomic E-state index is 0.887. The number of aromatic nitrogens is 2. The lowest BCUT2D eigenvalue weighted by Crippen LogP contribution is -2.22. The quantitative estimate of drug-likeness (QED) is 0.797. The molecule has 0 aliphatic carbocycles. The molecule has 0 spiro atoms. The van der Waals surface area contributed by atoms with Gasteiger partial charge in [0.1, 0.15) is 5.82 Å². The predicted molar refractivity (Wildman–Crippen MR) is 86.4 cm³/mol. The summed E-state index contributed by atoms with van der Waals surface area (Å²) in [6.45, 7) is 7.13. The normalized spacial score (nSPS) is 11.0. The van der Waals surface area contributed by atoms with Crippen LogP contribution in [0.1, 0.15) is 29.5 Å². The van der Waals surface area contributed by atoms with E-state index in [1.54, 1.807) is 11.3 Å². The molecule has 0 saturated carbocycles. The molecule has 0 radical (unpaired) electrons. The fourth-order valence-corrected chi connectivity index (χ4v) is 3.23. The van der Waals surface area contributed by atoms with Gasteiger partial charge in [-0.25, -0.2) is 0 Å². The van der Waals surface area contributed by atoms with Crippen LogP contribution in [0.2, 0.25) is 0 Å². The number of nitrogens with zero attached hydrogens (tertiary/aromatic N) is 3. The molecule has 0 atom stereocenters. The summed E-state index contributed by atoms with van der Waals surface area (Å²) < 4.78 is 1.99. The predicted octanol–water partition coefficient (Wildman–Crippen LogP) is 2.93. The Bertz CT molecular complexity index is 530. The molecule has 0 aromatic carbocycles. The smallest absolute Gasteiger partial charge is 0.131 e. The van der Waals surface area contributed by atoms with Crippen LogP contribution in [0, 0.1) is 6.92 Å². The fourth-order valence-electron chi connectivity index (χ4n) is 2.48. The van der Waals surface area contributed by atoms with Crippen LogP contribution < -0.4 is 10.2 Å². The Hall–Kier alpha value is -1.33. The maximum atomic E-state index is 4.58. The van der Waals surface area contributed by atoms with Crippen molar-refractivity contribution in [2.45, 2.75) is 33.4 Å². The topological polar surface area (TPSA) is 33.1 Å². The van der Waals surface area contributed by atoms with Gasteiger partial charge in [0.25, 0.3) is 0 Å². The van der Waals surface area contributed by atoms with Crippen LogP contribution in [-0.2, 0) is 20.1 Å². The van der Waals surface area contributed by atoms with Crippen molar-refractivity contribution in [3.05, 3.63) is 33.6 Å². The van der Waals surface area contributed by atoms with Gasteiger partial charge >= 0.3 is 0 Å². The average Bonchev–Trinajstić information content (AvgIpc) is 2.98. The number of rotatable bonds is 7. The number of aryl methyl sites for hydroxylation is 2. The summed E-state index contributed by atoms with van der Waals surface area (Å²) in [4.78, 5) is 3.66. The molecule has 110 valence electrons. The van der Waals surface area contributed by atoms with E-state index in [1.165, 1.54) is 16.3 Å². The van der Waals surface area contributed by atoms with Crippen LogP contribution in [0.3, 0.4) is 0 Å². The maximum Gasteiger partial charge on any atom is 0.131 e. The number of thiophene rings is 1. The summed E-state index contributed by atoms with van der Waals surface area (Å²) in [6.07, 6.45) is 1.15. The summed E-state index contributed by atoms with van der Waals surface area (Å²) in [6, 6.07) is 4.28. The number of hydrogen-bond donors (Lipinski definition) is 1. The second-order valence-electron chi connectivity index (χ2n) is 5.12. The molecule has 20 heavy (non-hydrogen) atoms. The molecule has 0 saturated heterocycles. The van der Waals surface area contributed by atoms with Crippen LogP contribution in [0.25, 0.3) is 0 Å². The van der Waals surface area contributed by atoms with Gasteiger partial charge in [-0.1, -0.05) is 13.0 Å². The van der Waals surface area contributed by atoms with Crippen molar-refractivity contribution in [1.82, 2.24) is 15.1 Å². The van der Waals surface area contributed by atoms with Gasteiger partial charge in [-0.3, -0.25) is 4.68 Å². The molecule has 1 N–H and O–H groups in total. The molecule has 0 aliphatic heterocycles. The number of nitrogens with one attached hydrogen (secondary N) is 1. The highest BCUT2D eigenvalue weighted by atomic mass is 32.1. The monoisotopic (exact) mass is 292 g/mol. The van der Waals surface area contributed by atoms with Crippen LogP contribution in [0.5, 0.6) is 0 Å². The van der Waals surface area contributed by atoms with E-state index >= 15 is 0 Å². The third kappa shape index (κ3) is 3.41. The van der Waals surface area contributed by atoms with Gasteiger partial charge < -0.3 is 10.2 Å². The summed E-state index contributed by atoms with van der Waals surface area (Å²) in [7, 11) is 4.16. The molecular formula is C15H24N4S. The van der Waals surface area contributed by atoms with Crippen molar-refractivity contribution >= 4 is 17.2 Å². The standard InChI is InChI=1S/C15H24N4S/c1-5-8-16-10-14-12(2)17-19(4)15(14)18(3)11-13-7-6-9-20-13/h6-7,9,16H,5,8,10-11H2,1-4H3. The summed E-state index contributed by atoms with van der Waals surface area (Å²) in [5, 5.41) is 10.2. The first-order chi connectivity index (χ1) is 9.63. The van der Waals surface area contributed by atoms with E-state index in [0.29, 0.717) is 0 Å². The van der Waals surface area contributed by atoms with Crippen LogP contribution in [-0.4, -0.2) is 23.4 Å². The van der Waals surface area contributed by atoms with E-state index in [4.69, 9.17) is 0 Å². The Kier molecular flexibility index (Phi) is 5.20. The maximum absolute atomic E-state index is 4.58. The highest BCUT2D eigenvalue weighted by Gasteiger charge is 2.16. The summed E-state index contributed by atoms with van der Waals surface area (Å²) >= 11 is 1.80. The zero-order valence-corrected chi connectivity index (χ0v) is 13.6. The molecule has 2 rings (SSSR count). The molecule has 0 aliphatic rings. The van der Waals surface area contributed by atoms with Gasteiger partial charge in [0.15, 0.2) is 0 Å². The minimum atomic E-state index is 0.887. The average molecular weight is 292 g/mol. The number of anilines is 1. The van der Waals surface area contributed by atoms with Gasteiger partial charge in [0, 0.05) is 31.1 Å². The largest absolute Gasteiger partial charge is 0.354 e. The lowest BCUT2D eigenvalue weighted by atomic mass is 10.2. The highest BCUT2D eigenvalue weighted by Crippen LogP contribution is 2.24. The molecule has 0 bridgehead atoms. The Balaban J connectivity index is 2.16. The lowest BCUT2D eigenvalue weighted by molar-refractivity contribution is 0.670. The van der Waals surface area contributed by atoms with E-state index in [9.17, 15) is 0 Å². The summed E-state index contributed by atoms with van der Waals surface area (Å²) in [5.41, 5.74) is 2.42.